The minimum Gasteiger partial charge on any atom is -0.354 e. The molecular weight excluding hydrogens is 382 g/mol. The first-order valence-electron chi connectivity index (χ1n) is 11.1. The molecule has 3 rings (SSSR count). The minimum atomic E-state index is -0.132. The van der Waals surface area contributed by atoms with Crippen molar-refractivity contribution < 1.29 is 9.59 Å². The van der Waals surface area contributed by atoms with Gasteiger partial charge in [0.15, 0.2) is 0 Å². The second-order valence-corrected chi connectivity index (χ2v) is 9.62. The van der Waals surface area contributed by atoms with Crippen LogP contribution in [0.1, 0.15) is 57.4 Å². The Morgan fingerprint density at radius 1 is 1.17 bits per heavy atom. The van der Waals surface area contributed by atoms with Gasteiger partial charge in [0.05, 0.1) is 10.9 Å². The summed E-state index contributed by atoms with van der Waals surface area (Å²) in [5.41, 5.74) is 1.24. The lowest BCUT2D eigenvalue weighted by Gasteiger charge is -2.39. The molecule has 0 radical (unpaired) electrons. The smallest absolute Gasteiger partial charge is 0.238 e. The van der Waals surface area contributed by atoms with Crippen LogP contribution in [0.3, 0.4) is 0 Å². The normalized spacial score (nSPS) is 20.7. The van der Waals surface area contributed by atoms with Gasteiger partial charge in [-0.25, -0.2) is 0 Å². The Balaban J connectivity index is 1.36. The summed E-state index contributed by atoms with van der Waals surface area (Å²) in [6.07, 6.45) is 7.95. The fraction of sp³-hybridized carbons (Fsp3) is 0.652. The summed E-state index contributed by atoms with van der Waals surface area (Å²) < 4.78 is 0. The van der Waals surface area contributed by atoms with Crippen LogP contribution in [0.4, 0.5) is 0 Å². The van der Waals surface area contributed by atoms with Gasteiger partial charge in [0.2, 0.25) is 11.8 Å². The molecule has 1 aromatic carbocycles. The third-order valence-electron chi connectivity index (χ3n) is 6.00. The van der Waals surface area contributed by atoms with Crippen LogP contribution >= 0.6 is 11.8 Å². The largest absolute Gasteiger partial charge is 0.354 e. The van der Waals surface area contributed by atoms with E-state index >= 15 is 0 Å². The number of amides is 2. The predicted molar refractivity (Wildman–Crippen MR) is 120 cm³/mol. The maximum atomic E-state index is 12.6. The molecule has 2 amide bonds. The molecule has 5 nitrogen and oxygen atoms in total. The number of hydrogen-bond donors (Lipinski definition) is 2. The number of unbranched alkanes of at least 4 members (excludes halogenated alkanes) is 3. The molecule has 1 atom stereocenters. The van der Waals surface area contributed by atoms with Crippen molar-refractivity contribution >= 4 is 23.6 Å². The summed E-state index contributed by atoms with van der Waals surface area (Å²) in [6, 6.07) is 10.1. The Labute approximate surface area is 179 Å². The Morgan fingerprint density at radius 3 is 2.66 bits per heavy atom. The fourth-order valence-electron chi connectivity index (χ4n) is 4.15. The molecule has 1 aromatic rings. The van der Waals surface area contributed by atoms with Crippen LogP contribution < -0.4 is 10.6 Å². The van der Waals surface area contributed by atoms with Gasteiger partial charge < -0.3 is 10.2 Å². The van der Waals surface area contributed by atoms with Crippen molar-refractivity contribution in [2.45, 2.75) is 69.2 Å². The van der Waals surface area contributed by atoms with Crippen molar-refractivity contribution in [3.05, 3.63) is 35.9 Å². The summed E-state index contributed by atoms with van der Waals surface area (Å²) >= 11 is 1.86. The number of hydrogen-bond acceptors (Lipinski definition) is 4. The van der Waals surface area contributed by atoms with Crippen molar-refractivity contribution in [3.8, 4) is 0 Å². The summed E-state index contributed by atoms with van der Waals surface area (Å²) in [7, 11) is 0. The molecule has 2 fully saturated rings. The zero-order chi connectivity index (χ0) is 20.5. The molecule has 0 saturated carbocycles. The molecule has 0 aliphatic carbocycles. The number of likely N-dealkylation sites (tertiary alicyclic amines) is 1. The molecule has 2 heterocycles. The molecule has 2 saturated heterocycles. The van der Waals surface area contributed by atoms with Crippen LogP contribution in [0.25, 0.3) is 0 Å². The fourth-order valence-corrected chi connectivity index (χ4v) is 5.57. The summed E-state index contributed by atoms with van der Waals surface area (Å²) in [5.74, 6) is 1.20. The van der Waals surface area contributed by atoms with Crippen LogP contribution in [0.15, 0.2) is 30.3 Å². The lowest BCUT2D eigenvalue weighted by atomic mass is 10.0. The van der Waals surface area contributed by atoms with Gasteiger partial charge in [-0.15, -0.1) is 11.8 Å². The summed E-state index contributed by atoms with van der Waals surface area (Å²) in [5, 5.41) is 6.66. The molecule has 6 heteroatoms. The molecule has 0 bridgehead atoms. The first kappa shape index (κ1) is 22.2. The molecule has 29 heavy (non-hydrogen) atoms. The van der Waals surface area contributed by atoms with E-state index in [1.54, 1.807) is 0 Å². The second-order valence-electron chi connectivity index (χ2n) is 8.22. The van der Waals surface area contributed by atoms with Crippen molar-refractivity contribution in [1.29, 1.82) is 0 Å². The van der Waals surface area contributed by atoms with Gasteiger partial charge in [0.1, 0.15) is 0 Å². The SMILES string of the molecule is CCCCCCC(=O)N1CCC2(CC1)NC(C(=O)NCCc1ccccc1)CS2. The van der Waals surface area contributed by atoms with Crippen molar-refractivity contribution in [3.63, 3.8) is 0 Å². The summed E-state index contributed by atoms with van der Waals surface area (Å²) in [6.45, 7) is 4.46. The number of carbonyl (C=O) groups is 2. The van der Waals surface area contributed by atoms with Crippen LogP contribution in [-0.2, 0) is 16.0 Å². The van der Waals surface area contributed by atoms with E-state index in [1.807, 2.05) is 34.9 Å². The van der Waals surface area contributed by atoms with Crippen LogP contribution in [0.2, 0.25) is 0 Å². The number of piperidine rings is 1. The maximum absolute atomic E-state index is 12.6. The molecule has 2 aliphatic heterocycles. The van der Waals surface area contributed by atoms with E-state index in [1.165, 1.54) is 18.4 Å². The minimum absolute atomic E-state index is 0.0412. The second kappa shape index (κ2) is 11.0. The third-order valence-corrected chi connectivity index (χ3v) is 7.58. The predicted octanol–water partition coefficient (Wildman–Crippen LogP) is 3.34. The van der Waals surface area contributed by atoms with Gasteiger partial charge >= 0.3 is 0 Å². The number of rotatable bonds is 9. The first-order valence-corrected chi connectivity index (χ1v) is 12.1. The first-order chi connectivity index (χ1) is 14.1. The number of nitrogens with one attached hydrogen (secondary N) is 2. The van der Waals surface area contributed by atoms with Crippen molar-refractivity contribution in [2.24, 2.45) is 0 Å². The Kier molecular flexibility index (Phi) is 8.42. The zero-order valence-electron chi connectivity index (χ0n) is 17.6. The number of carbonyl (C=O) groups excluding carboxylic acids is 2. The monoisotopic (exact) mass is 417 g/mol. The van der Waals surface area contributed by atoms with E-state index in [4.69, 9.17) is 0 Å². The van der Waals surface area contributed by atoms with Crippen molar-refractivity contribution in [2.75, 3.05) is 25.4 Å². The highest BCUT2D eigenvalue weighted by molar-refractivity contribution is 8.01. The topological polar surface area (TPSA) is 61.4 Å². The van der Waals surface area contributed by atoms with E-state index < -0.39 is 0 Å². The van der Waals surface area contributed by atoms with Gasteiger partial charge in [-0.05, 0) is 31.2 Å². The molecule has 2 N–H and O–H groups in total. The highest BCUT2D eigenvalue weighted by Gasteiger charge is 2.44. The van der Waals surface area contributed by atoms with E-state index in [-0.39, 0.29) is 16.8 Å². The molecular formula is C23H35N3O2S. The standard InChI is InChI=1S/C23H35N3O2S/c1-2-3-4-8-11-21(27)26-16-13-23(14-17-26)25-20(18-29-23)22(28)24-15-12-19-9-6-5-7-10-19/h5-7,9-10,20,25H,2-4,8,11-18H2,1H3,(H,24,28). The Morgan fingerprint density at radius 2 is 1.93 bits per heavy atom. The van der Waals surface area contributed by atoms with E-state index in [9.17, 15) is 9.59 Å². The molecule has 1 spiro atoms. The highest BCUT2D eigenvalue weighted by atomic mass is 32.2. The number of thioether (sulfide) groups is 1. The molecule has 2 aliphatic rings. The molecule has 160 valence electrons. The van der Waals surface area contributed by atoms with Gasteiger partial charge in [-0.3, -0.25) is 14.9 Å². The van der Waals surface area contributed by atoms with Gasteiger partial charge in [0.25, 0.3) is 0 Å². The third kappa shape index (κ3) is 6.48. The average Bonchev–Trinajstić information content (AvgIpc) is 3.16. The lowest BCUT2D eigenvalue weighted by Crippen LogP contribution is -2.54. The average molecular weight is 418 g/mol. The van der Waals surface area contributed by atoms with E-state index in [0.717, 1.165) is 50.9 Å². The maximum Gasteiger partial charge on any atom is 0.238 e. The lowest BCUT2D eigenvalue weighted by molar-refractivity contribution is -0.132. The van der Waals surface area contributed by atoms with E-state index in [0.29, 0.717) is 18.9 Å². The van der Waals surface area contributed by atoms with Crippen molar-refractivity contribution in [1.82, 2.24) is 15.5 Å². The van der Waals surface area contributed by atoms with Gasteiger partial charge in [-0.1, -0.05) is 56.5 Å². The van der Waals surface area contributed by atoms with Crippen LogP contribution in [0, 0.1) is 0 Å². The van der Waals surface area contributed by atoms with Crippen LogP contribution in [0.5, 0.6) is 0 Å². The van der Waals surface area contributed by atoms with E-state index in [2.05, 4.69) is 29.7 Å². The number of benzene rings is 1. The molecule has 0 aromatic heterocycles. The van der Waals surface area contributed by atoms with Crippen LogP contribution in [-0.4, -0.2) is 53.0 Å². The Bertz CT molecular complexity index is 659. The highest BCUT2D eigenvalue weighted by Crippen LogP contribution is 2.39. The quantitative estimate of drug-likeness (QED) is 0.605. The summed E-state index contributed by atoms with van der Waals surface area (Å²) in [4.78, 5) is 26.9. The zero-order valence-corrected chi connectivity index (χ0v) is 18.4. The van der Waals surface area contributed by atoms with Gasteiger partial charge in [0, 0.05) is 31.8 Å². The van der Waals surface area contributed by atoms with Gasteiger partial charge in [-0.2, -0.15) is 0 Å². The number of nitrogens with zero attached hydrogens (tertiary/aromatic N) is 1. The molecule has 1 unspecified atom stereocenters. The Hall–Kier alpha value is -1.53.